The summed E-state index contributed by atoms with van der Waals surface area (Å²) in [6.45, 7) is 44.3. The summed E-state index contributed by atoms with van der Waals surface area (Å²) in [6.07, 6.45) is 7.51. The Labute approximate surface area is 277 Å². The molecular weight excluding hydrogens is 593 g/mol. The van der Waals surface area contributed by atoms with Crippen LogP contribution in [0, 0.1) is 17.3 Å². The summed E-state index contributed by atoms with van der Waals surface area (Å²) in [5.74, 6) is 0.0959. The Balaban J connectivity index is 3.53. The monoisotopic (exact) mass is 664 g/mol. The Bertz CT molecular complexity index is 1000. The zero-order valence-corrected chi connectivity index (χ0v) is 35.0. The molecule has 0 aliphatic heterocycles. The number of hydrogen-bond acceptors (Lipinski definition) is 4. The van der Waals surface area contributed by atoms with E-state index < -0.39 is 30.6 Å². The molecule has 1 rings (SSSR count). The van der Waals surface area contributed by atoms with Crippen LogP contribution in [-0.2, 0) is 18.1 Å². The predicted octanol–water partition coefficient (Wildman–Crippen LogP) is 11.5. The van der Waals surface area contributed by atoms with E-state index in [9.17, 15) is 4.79 Å². The normalized spacial score (nSPS) is 24.8. The minimum atomic E-state index is -2.12. The van der Waals surface area contributed by atoms with Crippen molar-refractivity contribution in [2.75, 3.05) is 0 Å². The van der Waals surface area contributed by atoms with E-state index in [0.717, 1.165) is 43.0 Å². The topological polar surface area (TPSA) is 44.8 Å². The van der Waals surface area contributed by atoms with Crippen LogP contribution in [0.3, 0.4) is 0 Å². The average Bonchev–Trinajstić information content (AvgIpc) is 3.15. The van der Waals surface area contributed by atoms with Crippen LogP contribution in [0.5, 0.6) is 0 Å². The average molecular weight is 665 g/mol. The highest BCUT2D eigenvalue weighted by Gasteiger charge is 2.59. The predicted molar refractivity (Wildman–Crippen MR) is 200 cm³/mol. The Morgan fingerprint density at radius 1 is 1.00 bits per heavy atom. The number of carbonyl (C=O) groups excluding carboxylic acids is 1. The SMILES string of the molecule is C=C[C@H]1[C@H](O[Si](C)(C)C(C)(C)C)[C@@H](C)C[C@]1(O[Si](C)(C)C)C(=O)/C(C)=C/CC(C)(C)C(CCC(=C)C)O[Si](CC)(CC)CC. The molecular formula is C37H72O4Si3. The van der Waals surface area contributed by atoms with Gasteiger partial charge in [0, 0.05) is 5.92 Å². The molecule has 1 unspecified atom stereocenters. The smallest absolute Gasteiger partial charge is 0.192 e. The molecule has 0 aromatic heterocycles. The van der Waals surface area contributed by atoms with E-state index in [4.69, 9.17) is 13.3 Å². The number of hydrogen-bond donors (Lipinski definition) is 0. The molecule has 0 N–H and O–H groups in total. The highest BCUT2D eigenvalue weighted by molar-refractivity contribution is 6.74. The van der Waals surface area contributed by atoms with Crippen molar-refractivity contribution in [1.29, 1.82) is 0 Å². The first kappa shape index (κ1) is 41.4. The van der Waals surface area contributed by atoms with Gasteiger partial charge in [0.15, 0.2) is 30.7 Å². The molecule has 4 nitrogen and oxygen atoms in total. The first-order chi connectivity index (χ1) is 19.9. The molecule has 0 amide bonds. The van der Waals surface area contributed by atoms with Crippen LogP contribution in [0.25, 0.3) is 0 Å². The highest BCUT2D eigenvalue weighted by atomic mass is 28.4. The van der Waals surface area contributed by atoms with Gasteiger partial charge in [-0.15, -0.1) is 13.2 Å². The molecule has 1 aliphatic rings. The first-order valence-corrected chi connectivity index (χ1v) is 26.3. The molecule has 44 heavy (non-hydrogen) atoms. The van der Waals surface area contributed by atoms with E-state index in [1.54, 1.807) is 0 Å². The molecule has 1 saturated carbocycles. The number of ketones is 1. The molecule has 256 valence electrons. The van der Waals surface area contributed by atoms with Crippen molar-refractivity contribution in [2.45, 2.75) is 176 Å². The van der Waals surface area contributed by atoms with Gasteiger partial charge in [-0.25, -0.2) is 0 Å². The fourth-order valence-corrected chi connectivity index (χ4v) is 12.4. The summed E-state index contributed by atoms with van der Waals surface area (Å²) < 4.78 is 21.2. The van der Waals surface area contributed by atoms with Gasteiger partial charge in [0.2, 0.25) is 0 Å². The zero-order chi connectivity index (χ0) is 34.5. The molecule has 0 saturated heterocycles. The standard InChI is InChI=1S/C37H72O4Si3/c1-19-31-33(40-43(17,18)35(9,10)11)30(8)27-37(31,41-42(14,15)16)34(38)29(7)25-26-36(12,13)32(24-23-28(5)6)39-44(20-2,21-3)22-4/h19,25,30-33H,1,5,20-24,26-27H2,2-4,6-18H3/b29-25+/t30-,31-,32?,33+,37+/m0/s1. The lowest BCUT2D eigenvalue weighted by atomic mass is 9.78. The molecule has 0 spiro atoms. The Hall–Kier alpha value is -0.579. The minimum absolute atomic E-state index is 0.0747. The fourth-order valence-electron chi connectivity index (χ4n) is 6.59. The number of rotatable bonds is 18. The van der Waals surface area contributed by atoms with Crippen LogP contribution in [0.15, 0.2) is 36.5 Å². The van der Waals surface area contributed by atoms with Crippen LogP contribution in [0.1, 0.15) is 102 Å². The number of carbonyl (C=O) groups is 1. The van der Waals surface area contributed by atoms with E-state index >= 15 is 0 Å². The van der Waals surface area contributed by atoms with Gasteiger partial charge in [0.05, 0.1) is 12.2 Å². The third-order valence-corrected chi connectivity index (χ3v) is 20.9. The van der Waals surface area contributed by atoms with Crippen LogP contribution < -0.4 is 0 Å². The largest absolute Gasteiger partial charge is 0.413 e. The summed E-state index contributed by atoms with van der Waals surface area (Å²) in [4.78, 5) is 14.7. The van der Waals surface area contributed by atoms with Crippen LogP contribution in [-0.4, -0.2) is 48.5 Å². The number of allylic oxidation sites excluding steroid dienone is 2. The van der Waals surface area contributed by atoms with Crippen molar-refractivity contribution < 1.29 is 18.1 Å². The Morgan fingerprint density at radius 3 is 1.93 bits per heavy atom. The molecule has 5 atom stereocenters. The van der Waals surface area contributed by atoms with Crippen LogP contribution >= 0.6 is 0 Å². The Morgan fingerprint density at radius 2 is 1.52 bits per heavy atom. The summed E-state index contributed by atoms with van der Waals surface area (Å²) in [5.41, 5.74) is 0.898. The van der Waals surface area contributed by atoms with E-state index in [2.05, 4.69) is 121 Å². The van der Waals surface area contributed by atoms with Gasteiger partial charge in [0.25, 0.3) is 0 Å². The molecule has 0 aromatic carbocycles. The third-order valence-electron chi connectivity index (χ3n) is 10.8. The van der Waals surface area contributed by atoms with Crippen molar-refractivity contribution >= 4 is 30.7 Å². The van der Waals surface area contributed by atoms with Gasteiger partial charge in [0.1, 0.15) is 5.60 Å². The molecule has 7 heteroatoms. The van der Waals surface area contributed by atoms with Crippen molar-refractivity contribution in [3.63, 3.8) is 0 Å². The van der Waals surface area contributed by atoms with E-state index in [1.807, 2.05) is 13.0 Å². The maximum absolute atomic E-state index is 14.7. The molecule has 0 heterocycles. The minimum Gasteiger partial charge on any atom is -0.413 e. The second kappa shape index (κ2) is 15.5. The second-order valence-electron chi connectivity index (χ2n) is 17.1. The van der Waals surface area contributed by atoms with Crippen molar-refractivity contribution in [2.24, 2.45) is 17.3 Å². The Kier molecular flexibility index (Phi) is 14.6. The van der Waals surface area contributed by atoms with Crippen molar-refractivity contribution in [3.05, 3.63) is 36.5 Å². The lowest BCUT2D eigenvalue weighted by Crippen LogP contribution is -2.54. The summed E-state index contributed by atoms with van der Waals surface area (Å²) in [7, 11) is -6.02. The molecule has 0 bridgehead atoms. The number of Topliss-reactive ketones (excluding diaryl/α,β-unsaturated/α-hetero) is 1. The lowest BCUT2D eigenvalue weighted by molar-refractivity contribution is -0.134. The molecule has 1 fully saturated rings. The second-order valence-corrected chi connectivity index (χ2v) is 31.1. The molecule has 0 aromatic rings. The quantitative estimate of drug-likeness (QED) is 0.0831. The summed E-state index contributed by atoms with van der Waals surface area (Å²) in [6, 6.07) is 3.38. The molecule has 1 aliphatic carbocycles. The van der Waals surface area contributed by atoms with E-state index in [-0.39, 0.29) is 40.3 Å². The van der Waals surface area contributed by atoms with Crippen LogP contribution in [0.4, 0.5) is 0 Å². The van der Waals surface area contributed by atoms with Gasteiger partial charge >= 0.3 is 0 Å². The van der Waals surface area contributed by atoms with Gasteiger partial charge in [-0.1, -0.05) is 80.0 Å². The van der Waals surface area contributed by atoms with Gasteiger partial charge < -0.3 is 13.3 Å². The maximum atomic E-state index is 14.7. The maximum Gasteiger partial charge on any atom is 0.192 e. The van der Waals surface area contributed by atoms with E-state index in [0.29, 0.717) is 6.42 Å². The summed E-state index contributed by atoms with van der Waals surface area (Å²) >= 11 is 0. The third kappa shape index (κ3) is 10.2. The van der Waals surface area contributed by atoms with Crippen molar-refractivity contribution in [3.8, 4) is 0 Å². The first-order valence-electron chi connectivity index (χ1n) is 17.4. The van der Waals surface area contributed by atoms with Crippen LogP contribution in [0.2, 0.25) is 55.9 Å². The van der Waals surface area contributed by atoms with Crippen molar-refractivity contribution in [1.82, 2.24) is 0 Å². The van der Waals surface area contributed by atoms with Gasteiger partial charge in [-0.2, -0.15) is 0 Å². The van der Waals surface area contributed by atoms with Gasteiger partial charge in [-0.05, 0) is 112 Å². The van der Waals surface area contributed by atoms with Gasteiger partial charge in [-0.3, -0.25) is 4.79 Å². The van der Waals surface area contributed by atoms with E-state index in [1.165, 1.54) is 5.57 Å². The summed E-state index contributed by atoms with van der Waals surface area (Å²) in [5, 5.41) is 0.0747. The fraction of sp³-hybridized carbons (Fsp3) is 0.811. The lowest BCUT2D eigenvalue weighted by Gasteiger charge is -2.43. The highest BCUT2D eigenvalue weighted by Crippen LogP contribution is 2.51. The molecule has 0 radical (unpaired) electrons. The zero-order valence-electron chi connectivity index (χ0n) is 32.0.